The molecule has 1 amide bonds. The van der Waals surface area contributed by atoms with E-state index in [0.717, 1.165) is 80.1 Å². The summed E-state index contributed by atoms with van der Waals surface area (Å²) in [5.74, 6) is 0.334. The molecule has 1 aromatic carbocycles. The minimum Gasteiger partial charge on any atom is -0.496 e. The molecule has 1 aromatic heterocycles. The second-order valence-corrected chi connectivity index (χ2v) is 10.4. The van der Waals surface area contributed by atoms with Crippen LogP contribution in [0.15, 0.2) is 71.9 Å². The number of aliphatic imine (C=N–C) groups is 1. The molecular formula is C33H42F3N5O4. The highest BCUT2D eigenvalue weighted by molar-refractivity contribution is 6.07. The highest BCUT2D eigenvalue weighted by atomic mass is 19.4. The minimum atomic E-state index is -4.55. The van der Waals surface area contributed by atoms with Gasteiger partial charge in [0.25, 0.3) is 5.91 Å². The smallest absolute Gasteiger partial charge is 0.416 e. The van der Waals surface area contributed by atoms with Crippen molar-refractivity contribution >= 4 is 29.9 Å². The molecule has 2 heterocycles. The molecule has 9 nitrogen and oxygen atoms in total. The summed E-state index contributed by atoms with van der Waals surface area (Å²) >= 11 is 0. The molecule has 4 N–H and O–H groups in total. The number of hydrogen-bond acceptors (Lipinski definition) is 8. The summed E-state index contributed by atoms with van der Waals surface area (Å²) in [5.41, 5.74) is 9.18. The lowest BCUT2D eigenvalue weighted by atomic mass is 9.85. The first-order chi connectivity index (χ1) is 21.5. The molecule has 1 unspecified atom stereocenters. The van der Waals surface area contributed by atoms with Crippen molar-refractivity contribution in [3.05, 3.63) is 83.6 Å². The molecule has 0 bridgehead atoms. The van der Waals surface area contributed by atoms with E-state index in [0.29, 0.717) is 17.5 Å². The van der Waals surface area contributed by atoms with E-state index in [-0.39, 0.29) is 17.3 Å². The zero-order valence-corrected chi connectivity index (χ0v) is 26.2. The first-order valence-corrected chi connectivity index (χ1v) is 14.5. The van der Waals surface area contributed by atoms with Gasteiger partial charge in [-0.3, -0.25) is 4.79 Å². The molecule has 2 aromatic rings. The third-order valence-electron chi connectivity index (χ3n) is 7.74. The number of rotatable bonds is 8. The van der Waals surface area contributed by atoms with Crippen molar-refractivity contribution in [3.8, 4) is 5.75 Å². The van der Waals surface area contributed by atoms with Gasteiger partial charge in [0.2, 0.25) is 0 Å². The number of allylic oxidation sites excluding steroid dienone is 2. The van der Waals surface area contributed by atoms with Crippen LogP contribution in [0.5, 0.6) is 5.75 Å². The number of aliphatic hydroxyl groups excluding tert-OH is 1. The number of nitrogens with zero attached hydrogens (tertiary/aromatic N) is 3. The molecule has 1 atom stereocenters. The van der Waals surface area contributed by atoms with Crippen molar-refractivity contribution < 1.29 is 32.6 Å². The van der Waals surface area contributed by atoms with Gasteiger partial charge < -0.3 is 30.6 Å². The number of anilines is 1. The average molecular weight is 630 g/mol. The van der Waals surface area contributed by atoms with Crippen LogP contribution >= 0.6 is 0 Å². The van der Waals surface area contributed by atoms with Gasteiger partial charge in [0.15, 0.2) is 0 Å². The number of aliphatic hydroxyl groups is 1. The van der Waals surface area contributed by atoms with Gasteiger partial charge in [-0.2, -0.15) is 13.2 Å². The fourth-order valence-electron chi connectivity index (χ4n) is 5.33. The van der Waals surface area contributed by atoms with E-state index in [1.807, 2.05) is 17.9 Å². The number of pyridine rings is 1. The quantitative estimate of drug-likeness (QED) is 0.294. The lowest BCUT2D eigenvalue weighted by Crippen LogP contribution is -2.34. The van der Waals surface area contributed by atoms with Gasteiger partial charge >= 0.3 is 6.18 Å². The molecule has 1 aliphatic heterocycles. The summed E-state index contributed by atoms with van der Waals surface area (Å²) in [6.45, 7) is 10.6. The van der Waals surface area contributed by atoms with Gasteiger partial charge in [-0.25, -0.2) is 9.98 Å². The number of methoxy groups -OCH3 is 1. The average Bonchev–Trinajstić information content (AvgIpc) is 3.07. The van der Waals surface area contributed by atoms with Gasteiger partial charge in [-0.1, -0.05) is 45.8 Å². The fraction of sp³-hybridized carbons (Fsp3) is 0.394. The second-order valence-electron chi connectivity index (χ2n) is 10.4. The number of alkyl halides is 3. The Bertz CT molecular complexity index is 1420. The Morgan fingerprint density at radius 1 is 1.18 bits per heavy atom. The molecule has 2 aliphatic rings. The van der Waals surface area contributed by atoms with Crippen LogP contribution in [0.3, 0.4) is 0 Å². The Morgan fingerprint density at radius 3 is 2.44 bits per heavy atom. The third-order valence-corrected chi connectivity index (χ3v) is 7.74. The van der Waals surface area contributed by atoms with Crippen LogP contribution in [0.4, 0.5) is 19.0 Å². The summed E-state index contributed by atoms with van der Waals surface area (Å²) in [4.78, 5) is 31.3. The Balaban J connectivity index is 0.00000169. The molecule has 1 saturated carbocycles. The lowest BCUT2D eigenvalue weighted by Gasteiger charge is -2.36. The summed E-state index contributed by atoms with van der Waals surface area (Å²) in [7, 11) is 2.50. The molecule has 4 rings (SSSR count). The molecule has 1 aliphatic carbocycles. The number of carbonyl (C=O) groups is 2. The molecule has 0 radical (unpaired) electrons. The first-order valence-electron chi connectivity index (χ1n) is 14.5. The number of aromatic nitrogens is 1. The second kappa shape index (κ2) is 17.1. The number of nitrogens with one attached hydrogen (secondary N) is 1. The summed E-state index contributed by atoms with van der Waals surface area (Å²) in [6, 6.07) is 6.58. The van der Waals surface area contributed by atoms with Crippen LogP contribution in [0, 0.1) is 11.8 Å². The summed E-state index contributed by atoms with van der Waals surface area (Å²) in [5, 5.41) is 9.45. The third kappa shape index (κ3) is 9.04. The number of halogens is 3. The minimum absolute atomic E-state index is 0.0368. The Hall–Kier alpha value is -4.45. The Morgan fingerprint density at radius 2 is 1.84 bits per heavy atom. The van der Waals surface area contributed by atoms with Crippen LogP contribution in [0.2, 0.25) is 0 Å². The number of benzene rings is 1. The van der Waals surface area contributed by atoms with E-state index in [2.05, 4.69) is 35.7 Å². The SMILES string of the molecule is C=C(C1CCCCC1)N1C=CN=C(N)/C1=C(\c1ccc(C(=O)Nc2cc(C(F)(F)F)ccn2)cc1OC)C(C)CC.C=O.CO. The van der Waals surface area contributed by atoms with Gasteiger partial charge in [-0.15, -0.1) is 0 Å². The maximum Gasteiger partial charge on any atom is 0.416 e. The zero-order valence-electron chi connectivity index (χ0n) is 26.2. The van der Waals surface area contributed by atoms with Crippen molar-refractivity contribution in [2.75, 3.05) is 19.5 Å². The molecule has 244 valence electrons. The number of amides is 1. The van der Waals surface area contributed by atoms with Crippen LogP contribution < -0.4 is 15.8 Å². The topological polar surface area (TPSA) is 130 Å². The van der Waals surface area contributed by atoms with Crippen molar-refractivity contribution in [2.24, 2.45) is 22.6 Å². The first kappa shape index (κ1) is 36.7. The van der Waals surface area contributed by atoms with E-state index in [9.17, 15) is 18.0 Å². The fourth-order valence-corrected chi connectivity index (χ4v) is 5.33. The molecular weight excluding hydrogens is 587 g/mol. The number of hydrogen-bond donors (Lipinski definition) is 3. The van der Waals surface area contributed by atoms with Gasteiger partial charge in [0.1, 0.15) is 24.2 Å². The normalized spacial score (nSPS) is 16.6. The van der Waals surface area contributed by atoms with E-state index in [1.54, 1.807) is 24.4 Å². The zero-order chi connectivity index (χ0) is 33.7. The van der Waals surface area contributed by atoms with Crippen molar-refractivity contribution in [3.63, 3.8) is 0 Å². The predicted molar refractivity (Wildman–Crippen MR) is 170 cm³/mol. The van der Waals surface area contributed by atoms with Gasteiger partial charge in [-0.05, 0) is 60.9 Å². The van der Waals surface area contributed by atoms with E-state index >= 15 is 0 Å². The molecule has 12 heteroatoms. The summed E-state index contributed by atoms with van der Waals surface area (Å²) in [6.07, 6.45) is 6.50. The Kier molecular flexibility index (Phi) is 14.0. The van der Waals surface area contributed by atoms with Crippen LogP contribution in [0.1, 0.15) is 73.9 Å². The highest BCUT2D eigenvalue weighted by Gasteiger charge is 2.32. The number of ether oxygens (including phenoxy) is 1. The van der Waals surface area contributed by atoms with Gasteiger partial charge in [0, 0.05) is 42.5 Å². The predicted octanol–water partition coefficient (Wildman–Crippen LogP) is 6.78. The highest BCUT2D eigenvalue weighted by Crippen LogP contribution is 2.41. The van der Waals surface area contributed by atoms with Crippen molar-refractivity contribution in [1.29, 1.82) is 0 Å². The maximum absolute atomic E-state index is 13.1. The molecule has 0 spiro atoms. The van der Waals surface area contributed by atoms with E-state index in [1.165, 1.54) is 13.5 Å². The van der Waals surface area contributed by atoms with Crippen molar-refractivity contribution in [2.45, 2.75) is 58.5 Å². The largest absolute Gasteiger partial charge is 0.496 e. The van der Waals surface area contributed by atoms with Crippen LogP contribution in [-0.2, 0) is 11.0 Å². The summed E-state index contributed by atoms with van der Waals surface area (Å²) < 4.78 is 45.1. The lowest BCUT2D eigenvalue weighted by molar-refractivity contribution is -0.137. The molecule has 0 saturated heterocycles. The van der Waals surface area contributed by atoms with Crippen LogP contribution in [-0.4, -0.2) is 47.7 Å². The number of carbonyl (C=O) groups excluding carboxylic acids is 2. The maximum atomic E-state index is 13.1. The molecule has 1 fully saturated rings. The monoisotopic (exact) mass is 629 g/mol. The molecule has 45 heavy (non-hydrogen) atoms. The van der Waals surface area contributed by atoms with Crippen molar-refractivity contribution in [1.82, 2.24) is 9.88 Å². The number of nitrogens with two attached hydrogens (primary N) is 1. The van der Waals surface area contributed by atoms with E-state index < -0.39 is 17.6 Å². The van der Waals surface area contributed by atoms with Gasteiger partial charge in [0.05, 0.1) is 18.4 Å². The Labute approximate surface area is 262 Å². The standard InChI is InChI=1S/C31H36F3N5O2.CH4O.CH2O/c1-5-19(2)27(28-29(35)37-15-16-39(28)20(3)21-9-7-6-8-10-21)24-12-11-22(17-25(24)41-4)30(40)38-26-18-23(13-14-36-26)31(32,33)34;2*1-2/h11-19,21H,3,5-10H2,1-2,4H3,(H2,35,37)(H,36,38,40);2H,1H3;1H2/b28-27+;;. The van der Waals surface area contributed by atoms with E-state index in [4.69, 9.17) is 20.4 Å². The number of amidine groups is 1. The van der Waals surface area contributed by atoms with Crippen LogP contribution in [0.25, 0.3) is 5.57 Å².